The Bertz CT molecular complexity index is 298. The van der Waals surface area contributed by atoms with Crippen molar-refractivity contribution in [2.24, 2.45) is 0 Å². The molecule has 0 unspecified atom stereocenters. The van der Waals surface area contributed by atoms with Crippen molar-refractivity contribution in [3.05, 3.63) is 0 Å². The third-order valence-electron chi connectivity index (χ3n) is 2.19. The van der Waals surface area contributed by atoms with Crippen molar-refractivity contribution in [3.63, 3.8) is 0 Å². The molecule has 0 saturated heterocycles. The highest BCUT2D eigenvalue weighted by Crippen LogP contribution is 1.97. The van der Waals surface area contributed by atoms with Gasteiger partial charge in [-0.2, -0.15) is 0 Å². The molecule has 9 nitrogen and oxygen atoms in total. The molecule has 0 aromatic rings. The summed E-state index contributed by atoms with van der Waals surface area (Å²) >= 11 is 0. The second-order valence-corrected chi connectivity index (χ2v) is 4.35. The topological polar surface area (TPSA) is 115 Å². The van der Waals surface area contributed by atoms with Gasteiger partial charge in [0.05, 0.1) is 19.8 Å². The van der Waals surface area contributed by atoms with E-state index in [0.29, 0.717) is 19.6 Å². The van der Waals surface area contributed by atoms with Gasteiger partial charge >= 0.3 is 0 Å². The van der Waals surface area contributed by atoms with Crippen LogP contribution >= 0.6 is 0 Å². The molecule has 0 spiro atoms. The second-order valence-electron chi connectivity index (χ2n) is 4.35. The quantitative estimate of drug-likeness (QED) is 0.305. The summed E-state index contributed by atoms with van der Waals surface area (Å²) in [7, 11) is 0. The second kappa shape index (κ2) is 13.0. The maximum Gasteiger partial charge on any atom is 0.271 e. The number of ether oxygens (including phenoxy) is 3. The third kappa shape index (κ3) is 14.7. The van der Waals surface area contributed by atoms with Gasteiger partial charge in [0.1, 0.15) is 0 Å². The fourth-order valence-electron chi connectivity index (χ4n) is 1.29. The number of hydrogen-bond donors (Lipinski definition) is 3. The first-order valence-electron chi connectivity index (χ1n) is 7.00. The minimum absolute atomic E-state index is 0.154. The van der Waals surface area contributed by atoms with Crippen LogP contribution in [0, 0.1) is 0 Å². The van der Waals surface area contributed by atoms with Crippen LogP contribution in [0.15, 0.2) is 0 Å². The molecular weight excluding hydrogens is 294 g/mol. The fourth-order valence-corrected chi connectivity index (χ4v) is 1.29. The van der Waals surface area contributed by atoms with E-state index in [1.165, 1.54) is 20.8 Å². The lowest BCUT2D eigenvalue weighted by Gasteiger charge is -2.19. The molecule has 0 radical (unpaired) electrons. The molecule has 0 bridgehead atoms. The predicted octanol–water partition coefficient (Wildman–Crippen LogP) is -1.27. The highest BCUT2D eigenvalue weighted by Gasteiger charge is 2.10. The largest absolute Gasteiger partial charge is 0.354 e. The van der Waals surface area contributed by atoms with E-state index >= 15 is 0 Å². The first kappa shape index (κ1) is 20.3. The van der Waals surface area contributed by atoms with Gasteiger partial charge in [-0.1, -0.05) is 0 Å². The Morgan fingerprint density at radius 2 is 0.955 bits per heavy atom. The monoisotopic (exact) mass is 319 g/mol. The van der Waals surface area contributed by atoms with Gasteiger partial charge in [0.25, 0.3) is 6.48 Å². The van der Waals surface area contributed by atoms with E-state index in [9.17, 15) is 14.4 Å². The van der Waals surface area contributed by atoms with E-state index in [4.69, 9.17) is 14.2 Å². The first-order chi connectivity index (χ1) is 10.4. The van der Waals surface area contributed by atoms with Gasteiger partial charge in [-0.15, -0.1) is 0 Å². The van der Waals surface area contributed by atoms with Crippen molar-refractivity contribution in [2.75, 3.05) is 39.5 Å². The summed E-state index contributed by atoms with van der Waals surface area (Å²) in [4.78, 5) is 32.2. The summed E-state index contributed by atoms with van der Waals surface area (Å²) in [5.41, 5.74) is 0. The highest BCUT2D eigenvalue weighted by atomic mass is 16.8. The Balaban J connectivity index is 3.93. The normalized spacial score (nSPS) is 10.4. The van der Waals surface area contributed by atoms with Crippen LogP contribution in [0.25, 0.3) is 0 Å². The molecule has 3 amide bonds. The van der Waals surface area contributed by atoms with Crippen LogP contribution in [0.5, 0.6) is 0 Å². The first-order valence-corrected chi connectivity index (χ1v) is 7.00. The highest BCUT2D eigenvalue weighted by molar-refractivity contribution is 5.73. The third-order valence-corrected chi connectivity index (χ3v) is 2.19. The van der Waals surface area contributed by atoms with Crippen molar-refractivity contribution in [3.8, 4) is 0 Å². The molecule has 0 aromatic heterocycles. The van der Waals surface area contributed by atoms with Crippen molar-refractivity contribution in [1.82, 2.24) is 16.0 Å². The Morgan fingerprint density at radius 1 is 0.682 bits per heavy atom. The van der Waals surface area contributed by atoms with Crippen molar-refractivity contribution in [1.29, 1.82) is 0 Å². The van der Waals surface area contributed by atoms with Crippen LogP contribution in [0.3, 0.4) is 0 Å². The molecule has 0 rings (SSSR count). The smallest absolute Gasteiger partial charge is 0.271 e. The Morgan fingerprint density at radius 3 is 1.18 bits per heavy atom. The zero-order valence-electron chi connectivity index (χ0n) is 13.3. The minimum atomic E-state index is -0.934. The molecule has 128 valence electrons. The summed E-state index contributed by atoms with van der Waals surface area (Å²) in [5.74, 6) is -0.463. The van der Waals surface area contributed by atoms with Crippen LogP contribution in [0.4, 0.5) is 0 Å². The van der Waals surface area contributed by atoms with Crippen molar-refractivity contribution >= 4 is 17.7 Å². The number of hydrogen-bond acceptors (Lipinski definition) is 6. The molecule has 0 aliphatic rings. The SMILES string of the molecule is CC(=O)NCCOC(OCCNC(C)=O)OCCNC(C)=O. The maximum atomic E-state index is 10.7. The Labute approximate surface area is 130 Å². The molecule has 22 heavy (non-hydrogen) atoms. The van der Waals surface area contributed by atoms with E-state index in [0.717, 1.165) is 0 Å². The van der Waals surface area contributed by atoms with Gasteiger partial charge < -0.3 is 30.2 Å². The average molecular weight is 319 g/mol. The lowest BCUT2D eigenvalue weighted by Crippen LogP contribution is -2.33. The maximum absolute atomic E-state index is 10.7. The zero-order chi connectivity index (χ0) is 16.8. The average Bonchev–Trinajstić information content (AvgIpc) is 2.42. The lowest BCUT2D eigenvalue weighted by atomic mass is 10.6. The van der Waals surface area contributed by atoms with Crippen molar-refractivity contribution < 1.29 is 28.6 Å². The number of carbonyl (C=O) groups excluding carboxylic acids is 3. The molecule has 3 N–H and O–H groups in total. The van der Waals surface area contributed by atoms with Gasteiger partial charge in [0, 0.05) is 40.4 Å². The van der Waals surface area contributed by atoms with Crippen molar-refractivity contribution in [2.45, 2.75) is 27.2 Å². The zero-order valence-corrected chi connectivity index (χ0v) is 13.3. The van der Waals surface area contributed by atoms with E-state index in [1.54, 1.807) is 0 Å². The molecule has 0 aliphatic heterocycles. The summed E-state index contributed by atoms with van der Waals surface area (Å²) in [6, 6.07) is 0. The van der Waals surface area contributed by atoms with Gasteiger partial charge in [0.2, 0.25) is 17.7 Å². The van der Waals surface area contributed by atoms with E-state index in [2.05, 4.69) is 16.0 Å². The number of nitrogens with one attached hydrogen (secondary N) is 3. The van der Waals surface area contributed by atoms with E-state index < -0.39 is 6.48 Å². The molecule has 0 fully saturated rings. The minimum Gasteiger partial charge on any atom is -0.354 e. The number of amides is 3. The molecule has 0 saturated carbocycles. The molecular formula is C13H25N3O6. The lowest BCUT2D eigenvalue weighted by molar-refractivity contribution is -0.285. The summed E-state index contributed by atoms with van der Waals surface area (Å²) in [6.45, 7) is 4.92. The molecule has 0 aromatic carbocycles. The molecule has 9 heteroatoms. The molecule has 0 atom stereocenters. The van der Waals surface area contributed by atoms with E-state index in [1.807, 2.05) is 0 Å². The molecule has 0 aliphatic carbocycles. The van der Waals surface area contributed by atoms with Gasteiger partial charge in [-0.05, 0) is 0 Å². The van der Waals surface area contributed by atoms with Crippen LogP contribution in [-0.2, 0) is 28.6 Å². The van der Waals surface area contributed by atoms with Gasteiger partial charge in [-0.25, -0.2) is 0 Å². The van der Waals surface area contributed by atoms with Crippen LogP contribution in [0.1, 0.15) is 20.8 Å². The Hall–Kier alpha value is -1.71. The van der Waals surface area contributed by atoms with Crippen LogP contribution < -0.4 is 16.0 Å². The van der Waals surface area contributed by atoms with E-state index in [-0.39, 0.29) is 37.5 Å². The summed E-state index contributed by atoms with van der Waals surface area (Å²) in [6.07, 6.45) is 0. The number of carbonyl (C=O) groups is 3. The van der Waals surface area contributed by atoms with Gasteiger partial charge in [0.15, 0.2) is 0 Å². The Kier molecular flexibility index (Phi) is 12.0. The predicted molar refractivity (Wildman–Crippen MR) is 77.7 cm³/mol. The molecule has 0 heterocycles. The van der Waals surface area contributed by atoms with Gasteiger partial charge in [-0.3, -0.25) is 14.4 Å². The summed E-state index contributed by atoms with van der Waals surface area (Å²) in [5, 5.41) is 7.73. The van der Waals surface area contributed by atoms with Crippen LogP contribution in [-0.4, -0.2) is 63.7 Å². The number of rotatable bonds is 12. The standard InChI is InChI=1S/C13H25N3O6/c1-10(17)14-4-7-20-13(21-8-5-15-11(2)18)22-9-6-16-12(3)19/h13H,4-9H2,1-3H3,(H,14,17)(H,15,18)(H,16,19). The van der Waals surface area contributed by atoms with Crippen LogP contribution in [0.2, 0.25) is 0 Å². The fraction of sp³-hybridized carbons (Fsp3) is 0.769. The summed E-state index contributed by atoms with van der Waals surface area (Å²) < 4.78 is 16.0.